The first-order chi connectivity index (χ1) is 10.2. The Morgan fingerprint density at radius 1 is 0.952 bits per heavy atom. The van der Waals surface area contributed by atoms with Crippen LogP contribution in [0.25, 0.3) is 0 Å². The van der Waals surface area contributed by atoms with Crippen molar-refractivity contribution < 1.29 is 4.74 Å². The van der Waals surface area contributed by atoms with Crippen LogP contribution in [-0.2, 0) is 17.9 Å². The van der Waals surface area contributed by atoms with Gasteiger partial charge in [-0.15, -0.1) is 0 Å². The van der Waals surface area contributed by atoms with Crippen molar-refractivity contribution in [2.24, 2.45) is 0 Å². The summed E-state index contributed by atoms with van der Waals surface area (Å²) in [5.74, 6) is 0.632. The summed E-state index contributed by atoms with van der Waals surface area (Å²) in [4.78, 5) is 0. The molecular weight excluding hydrogens is 258 g/mol. The van der Waals surface area contributed by atoms with E-state index in [-0.39, 0.29) is 0 Å². The summed E-state index contributed by atoms with van der Waals surface area (Å²) in [5, 5.41) is 3.47. The quantitative estimate of drug-likeness (QED) is 0.775. The van der Waals surface area contributed by atoms with E-state index in [4.69, 9.17) is 4.74 Å². The van der Waals surface area contributed by atoms with E-state index in [1.165, 1.54) is 28.8 Å². The molecule has 112 valence electrons. The molecule has 1 N–H and O–H groups in total. The number of rotatable bonds is 7. The van der Waals surface area contributed by atoms with Crippen molar-refractivity contribution in [3.8, 4) is 0 Å². The third-order valence-electron chi connectivity index (χ3n) is 3.92. The summed E-state index contributed by atoms with van der Waals surface area (Å²) in [6, 6.07) is 17.3. The summed E-state index contributed by atoms with van der Waals surface area (Å²) in [7, 11) is 1.72. The van der Waals surface area contributed by atoms with Gasteiger partial charge in [0, 0.05) is 19.3 Å². The van der Waals surface area contributed by atoms with Crippen LogP contribution in [0.3, 0.4) is 0 Å². The number of nitrogens with one attached hydrogen (secondary N) is 1. The zero-order chi connectivity index (χ0) is 15.1. The van der Waals surface area contributed by atoms with Crippen LogP contribution in [0.15, 0.2) is 48.5 Å². The molecule has 1 unspecified atom stereocenters. The third-order valence-corrected chi connectivity index (χ3v) is 3.92. The average Bonchev–Trinajstić information content (AvgIpc) is 2.54. The fourth-order valence-electron chi connectivity index (χ4n) is 2.29. The Bertz CT molecular complexity index is 530. The third kappa shape index (κ3) is 4.61. The molecule has 0 aliphatic carbocycles. The number of hydrogen-bond acceptors (Lipinski definition) is 2. The second kappa shape index (κ2) is 7.84. The smallest absolute Gasteiger partial charge is 0.0713 e. The molecule has 0 spiro atoms. The molecule has 0 saturated heterocycles. The number of benzene rings is 2. The zero-order valence-corrected chi connectivity index (χ0v) is 13.2. The average molecular weight is 283 g/mol. The standard InChI is InChI=1S/C19H25NO/c1-4-15(2)18-9-11-19(12-10-18)20-13-16-5-7-17(8-6-16)14-21-3/h5-12,15,20H,4,13-14H2,1-3H3. The lowest BCUT2D eigenvalue weighted by atomic mass is 9.98. The molecule has 0 amide bonds. The van der Waals surface area contributed by atoms with Gasteiger partial charge in [-0.25, -0.2) is 0 Å². The van der Waals surface area contributed by atoms with Crippen molar-refractivity contribution in [2.45, 2.75) is 39.3 Å². The second-order valence-corrected chi connectivity index (χ2v) is 5.53. The minimum atomic E-state index is 0.632. The highest BCUT2D eigenvalue weighted by Gasteiger charge is 2.02. The summed E-state index contributed by atoms with van der Waals surface area (Å²) >= 11 is 0. The van der Waals surface area contributed by atoms with Crippen LogP contribution < -0.4 is 5.32 Å². The molecule has 0 aromatic heterocycles. The van der Waals surface area contributed by atoms with E-state index in [0.717, 1.165) is 6.54 Å². The van der Waals surface area contributed by atoms with E-state index in [0.29, 0.717) is 12.5 Å². The van der Waals surface area contributed by atoms with Crippen LogP contribution in [0.1, 0.15) is 42.9 Å². The maximum absolute atomic E-state index is 5.12. The fourth-order valence-corrected chi connectivity index (χ4v) is 2.29. The second-order valence-electron chi connectivity index (χ2n) is 5.53. The summed E-state index contributed by atoms with van der Waals surface area (Å²) in [6.07, 6.45) is 1.18. The summed E-state index contributed by atoms with van der Waals surface area (Å²) < 4.78 is 5.12. The topological polar surface area (TPSA) is 21.3 Å². The first-order valence-corrected chi connectivity index (χ1v) is 7.63. The molecule has 0 fully saturated rings. The van der Waals surface area contributed by atoms with Crippen LogP contribution in [0.4, 0.5) is 5.69 Å². The van der Waals surface area contributed by atoms with Crippen molar-refractivity contribution in [1.29, 1.82) is 0 Å². The van der Waals surface area contributed by atoms with E-state index in [1.807, 2.05) is 0 Å². The lowest BCUT2D eigenvalue weighted by Crippen LogP contribution is -2.00. The van der Waals surface area contributed by atoms with Crippen molar-refractivity contribution in [1.82, 2.24) is 0 Å². The van der Waals surface area contributed by atoms with Crippen molar-refractivity contribution in [2.75, 3.05) is 12.4 Å². The maximum atomic E-state index is 5.12. The molecule has 0 aliphatic heterocycles. The van der Waals surface area contributed by atoms with Gasteiger partial charge in [0.1, 0.15) is 0 Å². The predicted octanol–water partition coefficient (Wildman–Crippen LogP) is 4.96. The summed E-state index contributed by atoms with van der Waals surface area (Å²) in [5.41, 5.74) is 5.06. The Hall–Kier alpha value is -1.80. The minimum Gasteiger partial charge on any atom is -0.381 e. The van der Waals surface area contributed by atoms with Crippen molar-refractivity contribution in [3.05, 3.63) is 65.2 Å². The first kappa shape index (κ1) is 15.6. The number of anilines is 1. The molecule has 0 bridgehead atoms. The van der Waals surface area contributed by atoms with Gasteiger partial charge in [0.25, 0.3) is 0 Å². The Morgan fingerprint density at radius 3 is 2.14 bits per heavy atom. The molecule has 0 heterocycles. The Morgan fingerprint density at radius 2 is 1.57 bits per heavy atom. The van der Waals surface area contributed by atoms with Crippen LogP contribution in [0, 0.1) is 0 Å². The molecule has 2 nitrogen and oxygen atoms in total. The molecule has 0 saturated carbocycles. The van der Waals surface area contributed by atoms with E-state index in [9.17, 15) is 0 Å². The molecule has 2 rings (SSSR count). The molecule has 2 aromatic rings. The number of hydrogen-bond donors (Lipinski definition) is 1. The van der Waals surface area contributed by atoms with Crippen LogP contribution >= 0.6 is 0 Å². The summed E-state index contributed by atoms with van der Waals surface area (Å²) in [6.45, 7) is 6.01. The van der Waals surface area contributed by atoms with Gasteiger partial charge in [0.15, 0.2) is 0 Å². The van der Waals surface area contributed by atoms with Gasteiger partial charge >= 0.3 is 0 Å². The van der Waals surface area contributed by atoms with Crippen LogP contribution in [-0.4, -0.2) is 7.11 Å². The molecule has 2 aromatic carbocycles. The lowest BCUT2D eigenvalue weighted by molar-refractivity contribution is 0.185. The largest absolute Gasteiger partial charge is 0.381 e. The number of methoxy groups -OCH3 is 1. The Kier molecular flexibility index (Phi) is 5.82. The number of ether oxygens (including phenoxy) is 1. The maximum Gasteiger partial charge on any atom is 0.0713 e. The van der Waals surface area contributed by atoms with Gasteiger partial charge in [-0.2, -0.15) is 0 Å². The SMILES string of the molecule is CCC(C)c1ccc(NCc2ccc(COC)cc2)cc1. The first-order valence-electron chi connectivity index (χ1n) is 7.63. The van der Waals surface area contributed by atoms with E-state index in [1.54, 1.807) is 7.11 Å². The highest BCUT2D eigenvalue weighted by molar-refractivity contribution is 5.45. The van der Waals surface area contributed by atoms with E-state index >= 15 is 0 Å². The van der Waals surface area contributed by atoms with Crippen LogP contribution in [0.2, 0.25) is 0 Å². The zero-order valence-electron chi connectivity index (χ0n) is 13.2. The molecule has 2 heteroatoms. The highest BCUT2D eigenvalue weighted by Crippen LogP contribution is 2.20. The van der Waals surface area contributed by atoms with Gasteiger partial charge in [0.05, 0.1) is 6.61 Å². The van der Waals surface area contributed by atoms with E-state index < -0.39 is 0 Å². The molecular formula is C19H25NO. The molecule has 1 atom stereocenters. The fraction of sp³-hybridized carbons (Fsp3) is 0.368. The van der Waals surface area contributed by atoms with Crippen LogP contribution in [0.5, 0.6) is 0 Å². The molecule has 21 heavy (non-hydrogen) atoms. The van der Waals surface area contributed by atoms with Gasteiger partial charge in [-0.05, 0) is 41.2 Å². The molecule has 0 radical (unpaired) electrons. The van der Waals surface area contributed by atoms with E-state index in [2.05, 4.69) is 67.7 Å². The Labute approximate surface area is 128 Å². The Balaban J connectivity index is 1.90. The van der Waals surface area contributed by atoms with Crippen molar-refractivity contribution >= 4 is 5.69 Å². The normalized spacial score (nSPS) is 12.1. The lowest BCUT2D eigenvalue weighted by Gasteiger charge is -2.11. The molecule has 0 aliphatic rings. The van der Waals surface area contributed by atoms with Gasteiger partial charge < -0.3 is 10.1 Å². The van der Waals surface area contributed by atoms with Gasteiger partial charge in [0.2, 0.25) is 0 Å². The monoisotopic (exact) mass is 283 g/mol. The van der Waals surface area contributed by atoms with Crippen molar-refractivity contribution in [3.63, 3.8) is 0 Å². The van der Waals surface area contributed by atoms with Gasteiger partial charge in [-0.1, -0.05) is 50.2 Å². The predicted molar refractivity (Wildman–Crippen MR) is 89.6 cm³/mol. The van der Waals surface area contributed by atoms with Gasteiger partial charge in [-0.3, -0.25) is 0 Å². The highest BCUT2D eigenvalue weighted by atomic mass is 16.5. The minimum absolute atomic E-state index is 0.632.